The number of hydrogen-bond donors (Lipinski definition) is 0. The highest BCUT2D eigenvalue weighted by atomic mass is 16.6. The van der Waals surface area contributed by atoms with E-state index in [2.05, 4.69) is 93.7 Å². The van der Waals surface area contributed by atoms with E-state index in [1.165, 1.54) is 103 Å². The fourth-order valence-corrected chi connectivity index (χ4v) is 7.49. The molecule has 0 heterocycles. The molecule has 0 aromatic carbocycles. The SMILES string of the molecule is CC/C=C\C/C=C\CCCCCCCC(=O)OCC(COC(=O)CCCCCCC\C=C/C=C\C=C/C=C\CCCCC)OC(=O)CCCCCCCCCCCCCCCCCC. The lowest BCUT2D eigenvalue weighted by Gasteiger charge is -2.18. The molecule has 0 amide bonds. The van der Waals surface area contributed by atoms with Crippen molar-refractivity contribution in [2.45, 2.75) is 264 Å². The smallest absolute Gasteiger partial charge is 0.306 e. The van der Waals surface area contributed by atoms with Crippen molar-refractivity contribution in [2.24, 2.45) is 0 Å². The molecule has 0 aliphatic carbocycles. The van der Waals surface area contributed by atoms with Gasteiger partial charge in [0.15, 0.2) is 6.10 Å². The van der Waals surface area contributed by atoms with E-state index in [4.69, 9.17) is 14.2 Å². The minimum Gasteiger partial charge on any atom is -0.462 e. The van der Waals surface area contributed by atoms with Gasteiger partial charge in [0.2, 0.25) is 0 Å². The van der Waals surface area contributed by atoms with Gasteiger partial charge in [-0.1, -0.05) is 241 Å². The second-order valence-electron chi connectivity index (χ2n) is 17.9. The Morgan fingerprint density at radius 3 is 1.11 bits per heavy atom. The highest BCUT2D eigenvalue weighted by Crippen LogP contribution is 2.16. The molecule has 0 spiro atoms. The molecule has 6 heteroatoms. The number of rotatable bonds is 48. The quantitative estimate of drug-likeness (QED) is 0.0199. The predicted molar refractivity (Wildman–Crippen MR) is 274 cm³/mol. The van der Waals surface area contributed by atoms with E-state index in [1.54, 1.807) is 0 Å². The molecular weight excluding hydrogens is 793 g/mol. The lowest BCUT2D eigenvalue weighted by Crippen LogP contribution is -2.30. The summed E-state index contributed by atoms with van der Waals surface area (Å²) in [5.74, 6) is -0.920. The average Bonchev–Trinajstić information content (AvgIpc) is 3.29. The van der Waals surface area contributed by atoms with E-state index in [1.807, 2.05) is 0 Å². The molecule has 0 aliphatic rings. The zero-order valence-corrected chi connectivity index (χ0v) is 42.0. The third-order valence-electron chi connectivity index (χ3n) is 11.5. The molecule has 0 aromatic rings. The fraction of sp³-hybridized carbons (Fsp3) is 0.741. The van der Waals surface area contributed by atoms with Gasteiger partial charge < -0.3 is 14.2 Å². The molecule has 368 valence electrons. The molecule has 0 aliphatic heterocycles. The van der Waals surface area contributed by atoms with Gasteiger partial charge in [0.1, 0.15) is 13.2 Å². The lowest BCUT2D eigenvalue weighted by atomic mass is 10.0. The molecular formula is C58H100O6. The van der Waals surface area contributed by atoms with Crippen molar-refractivity contribution in [2.75, 3.05) is 13.2 Å². The molecule has 0 fully saturated rings. The van der Waals surface area contributed by atoms with Gasteiger partial charge in [-0.05, 0) is 70.6 Å². The van der Waals surface area contributed by atoms with Crippen LogP contribution in [0.4, 0.5) is 0 Å². The Kier molecular flexibility index (Phi) is 49.9. The highest BCUT2D eigenvalue weighted by molar-refractivity contribution is 5.71. The van der Waals surface area contributed by atoms with Crippen LogP contribution in [-0.2, 0) is 28.6 Å². The van der Waals surface area contributed by atoms with Crippen molar-refractivity contribution in [3.8, 4) is 0 Å². The largest absolute Gasteiger partial charge is 0.462 e. The van der Waals surface area contributed by atoms with Crippen LogP contribution in [0.3, 0.4) is 0 Å². The summed E-state index contributed by atoms with van der Waals surface area (Å²) in [6, 6.07) is 0. The normalized spacial score (nSPS) is 12.6. The molecule has 1 unspecified atom stereocenters. The van der Waals surface area contributed by atoms with E-state index in [9.17, 15) is 14.4 Å². The summed E-state index contributed by atoms with van der Waals surface area (Å²) < 4.78 is 16.8. The maximum atomic E-state index is 12.8. The zero-order valence-electron chi connectivity index (χ0n) is 42.0. The first-order chi connectivity index (χ1) is 31.5. The predicted octanol–water partition coefficient (Wildman–Crippen LogP) is 17.8. The van der Waals surface area contributed by atoms with Gasteiger partial charge in [0.25, 0.3) is 0 Å². The summed E-state index contributed by atoms with van der Waals surface area (Å²) in [5.41, 5.74) is 0. The molecule has 0 N–H and O–H groups in total. The number of carbonyl (C=O) groups is 3. The first-order valence-electron chi connectivity index (χ1n) is 27.0. The van der Waals surface area contributed by atoms with Gasteiger partial charge in [-0.2, -0.15) is 0 Å². The molecule has 0 rings (SSSR count). The monoisotopic (exact) mass is 893 g/mol. The van der Waals surface area contributed by atoms with Crippen molar-refractivity contribution in [3.05, 3.63) is 72.9 Å². The first kappa shape index (κ1) is 60.9. The number of hydrogen-bond acceptors (Lipinski definition) is 6. The third kappa shape index (κ3) is 49.9. The molecule has 0 saturated carbocycles. The summed E-state index contributed by atoms with van der Waals surface area (Å²) in [6.07, 6.45) is 66.0. The van der Waals surface area contributed by atoms with Crippen LogP contribution in [0.2, 0.25) is 0 Å². The Morgan fingerprint density at radius 1 is 0.344 bits per heavy atom. The summed E-state index contributed by atoms with van der Waals surface area (Å²) in [7, 11) is 0. The van der Waals surface area contributed by atoms with Gasteiger partial charge in [-0.15, -0.1) is 0 Å². The zero-order chi connectivity index (χ0) is 46.5. The molecule has 64 heavy (non-hydrogen) atoms. The average molecular weight is 893 g/mol. The maximum absolute atomic E-state index is 12.8. The summed E-state index contributed by atoms with van der Waals surface area (Å²) in [4.78, 5) is 38.0. The van der Waals surface area contributed by atoms with Gasteiger partial charge >= 0.3 is 17.9 Å². The molecule has 0 saturated heterocycles. The maximum Gasteiger partial charge on any atom is 0.306 e. The standard InChI is InChI=1S/C58H100O6/c1-4-7-10-13-16-19-22-25-27-29-30-32-33-36-39-42-45-48-51-57(60)63-54-55(53-62-56(59)50-47-44-41-38-35-24-21-18-15-12-9-6-3)64-58(61)52-49-46-43-40-37-34-31-28-26-23-20-17-14-11-8-5-2/h9,12,16,18-19,21-22,25,27,29-30,32,55H,4-8,10-11,13-15,17,20,23-24,26,28,31,33-54H2,1-3H3/b12-9-,19-16-,21-18-,25-22-,29-27-,32-30-. The minimum absolute atomic E-state index is 0.0892. The van der Waals surface area contributed by atoms with Crippen molar-refractivity contribution < 1.29 is 28.6 Å². The Labute approximate surface area is 395 Å². The van der Waals surface area contributed by atoms with Crippen LogP contribution in [0, 0.1) is 0 Å². The van der Waals surface area contributed by atoms with E-state index < -0.39 is 6.10 Å². The first-order valence-corrected chi connectivity index (χ1v) is 27.0. The van der Waals surface area contributed by atoms with Gasteiger partial charge in [0, 0.05) is 19.3 Å². The molecule has 6 nitrogen and oxygen atoms in total. The molecule has 0 aromatic heterocycles. The van der Waals surface area contributed by atoms with Crippen LogP contribution in [0.15, 0.2) is 72.9 Å². The molecule has 1 atom stereocenters. The van der Waals surface area contributed by atoms with E-state index in [0.29, 0.717) is 19.3 Å². The van der Waals surface area contributed by atoms with E-state index in [0.717, 1.165) is 116 Å². The van der Waals surface area contributed by atoms with Gasteiger partial charge in [0.05, 0.1) is 0 Å². The van der Waals surface area contributed by atoms with Crippen molar-refractivity contribution >= 4 is 17.9 Å². The Balaban J connectivity index is 4.42. The van der Waals surface area contributed by atoms with Crippen LogP contribution in [0.25, 0.3) is 0 Å². The van der Waals surface area contributed by atoms with Crippen molar-refractivity contribution in [1.29, 1.82) is 0 Å². The lowest BCUT2D eigenvalue weighted by molar-refractivity contribution is -0.167. The van der Waals surface area contributed by atoms with Crippen molar-refractivity contribution in [3.63, 3.8) is 0 Å². The topological polar surface area (TPSA) is 78.9 Å². The molecule has 0 radical (unpaired) electrons. The number of esters is 3. The highest BCUT2D eigenvalue weighted by Gasteiger charge is 2.19. The van der Waals surface area contributed by atoms with Crippen LogP contribution in [-0.4, -0.2) is 37.2 Å². The second kappa shape index (κ2) is 52.5. The number of ether oxygens (including phenoxy) is 3. The number of allylic oxidation sites excluding steroid dienone is 12. The summed E-state index contributed by atoms with van der Waals surface area (Å²) >= 11 is 0. The minimum atomic E-state index is -0.789. The van der Waals surface area contributed by atoms with E-state index >= 15 is 0 Å². The van der Waals surface area contributed by atoms with E-state index in [-0.39, 0.29) is 31.1 Å². The van der Waals surface area contributed by atoms with Crippen LogP contribution >= 0.6 is 0 Å². The summed E-state index contributed by atoms with van der Waals surface area (Å²) in [6.45, 7) is 6.47. The fourth-order valence-electron chi connectivity index (χ4n) is 7.49. The van der Waals surface area contributed by atoms with Crippen molar-refractivity contribution in [1.82, 2.24) is 0 Å². The summed E-state index contributed by atoms with van der Waals surface area (Å²) in [5, 5.41) is 0. The van der Waals surface area contributed by atoms with Gasteiger partial charge in [-0.25, -0.2) is 0 Å². The van der Waals surface area contributed by atoms with Crippen LogP contribution in [0.5, 0.6) is 0 Å². The van der Waals surface area contributed by atoms with Crippen LogP contribution in [0.1, 0.15) is 258 Å². The Morgan fingerprint density at radius 2 is 0.672 bits per heavy atom. The molecule has 0 bridgehead atoms. The second-order valence-corrected chi connectivity index (χ2v) is 17.9. The van der Waals surface area contributed by atoms with Gasteiger partial charge in [-0.3, -0.25) is 14.4 Å². The third-order valence-corrected chi connectivity index (χ3v) is 11.5. The number of unbranched alkanes of at least 4 members (excludes halogenated alkanes) is 28. The number of carbonyl (C=O) groups excluding carboxylic acids is 3. The Bertz CT molecular complexity index is 1210. The van der Waals surface area contributed by atoms with Crippen LogP contribution < -0.4 is 0 Å². The Hall–Kier alpha value is -3.15.